The van der Waals surface area contributed by atoms with Crippen molar-refractivity contribution >= 4 is 33.4 Å². The average Bonchev–Trinajstić information content (AvgIpc) is 2.37. The fourth-order valence-corrected chi connectivity index (χ4v) is 1.77. The fourth-order valence-electron chi connectivity index (χ4n) is 1.48. The molecule has 0 radical (unpaired) electrons. The van der Waals surface area contributed by atoms with Gasteiger partial charge in [0, 0.05) is 24.9 Å². The number of hydrogen-bond acceptors (Lipinski definition) is 4. The van der Waals surface area contributed by atoms with Crippen molar-refractivity contribution in [1.29, 1.82) is 0 Å². The van der Waals surface area contributed by atoms with Gasteiger partial charge in [-0.25, -0.2) is 18.2 Å². The van der Waals surface area contributed by atoms with Crippen molar-refractivity contribution in [3.63, 3.8) is 0 Å². The molecule has 1 aromatic carbocycles. The number of rotatable bonds is 4. The van der Waals surface area contributed by atoms with E-state index in [1.54, 1.807) is 0 Å². The fraction of sp³-hybridized carbons (Fsp3) is 0.167. The lowest BCUT2D eigenvalue weighted by atomic mass is 10.2. The number of aromatic nitrogens is 2. The molecule has 20 heavy (non-hydrogen) atoms. The summed E-state index contributed by atoms with van der Waals surface area (Å²) in [6, 6.07) is 1.18. The lowest BCUT2D eigenvalue weighted by molar-refractivity contribution is 0.548. The van der Waals surface area contributed by atoms with E-state index in [0.29, 0.717) is 29.1 Å². The van der Waals surface area contributed by atoms with Gasteiger partial charge in [0.2, 0.25) is 5.95 Å². The Morgan fingerprint density at radius 1 is 1.20 bits per heavy atom. The van der Waals surface area contributed by atoms with E-state index < -0.39 is 23.1 Å². The Bertz CT molecular complexity index is 613. The van der Waals surface area contributed by atoms with E-state index in [4.69, 9.17) is 0 Å². The highest BCUT2D eigenvalue weighted by Gasteiger charge is 2.14. The Morgan fingerprint density at radius 3 is 2.45 bits per heavy atom. The SMILES string of the molecule is CCNc1ncc(Br)c(Nc2c(F)cc(F)cc2F)n1. The van der Waals surface area contributed by atoms with Crippen LogP contribution in [0.3, 0.4) is 0 Å². The molecule has 0 spiro atoms. The molecule has 2 rings (SSSR count). The molecule has 0 amide bonds. The van der Waals surface area contributed by atoms with E-state index in [-0.39, 0.29) is 5.82 Å². The van der Waals surface area contributed by atoms with E-state index >= 15 is 0 Å². The maximum absolute atomic E-state index is 13.6. The molecular formula is C12H10BrF3N4. The zero-order chi connectivity index (χ0) is 14.7. The highest BCUT2D eigenvalue weighted by atomic mass is 79.9. The van der Waals surface area contributed by atoms with Crippen molar-refractivity contribution in [2.45, 2.75) is 6.92 Å². The third-order valence-corrected chi connectivity index (χ3v) is 2.91. The van der Waals surface area contributed by atoms with Crippen LogP contribution in [0.2, 0.25) is 0 Å². The molecule has 0 aliphatic rings. The molecule has 1 heterocycles. The van der Waals surface area contributed by atoms with Crippen LogP contribution in [-0.4, -0.2) is 16.5 Å². The molecule has 8 heteroatoms. The summed E-state index contributed by atoms with van der Waals surface area (Å²) in [7, 11) is 0. The molecule has 0 aliphatic heterocycles. The molecule has 0 saturated heterocycles. The molecule has 4 nitrogen and oxygen atoms in total. The normalized spacial score (nSPS) is 10.4. The van der Waals surface area contributed by atoms with Crippen LogP contribution >= 0.6 is 15.9 Å². The Kier molecular flexibility index (Phi) is 4.43. The molecule has 0 unspecified atom stereocenters. The first-order chi connectivity index (χ1) is 9.51. The highest BCUT2D eigenvalue weighted by Crippen LogP contribution is 2.28. The minimum atomic E-state index is -1.04. The topological polar surface area (TPSA) is 49.8 Å². The summed E-state index contributed by atoms with van der Waals surface area (Å²) < 4.78 is 40.4. The van der Waals surface area contributed by atoms with Crippen LogP contribution in [0.15, 0.2) is 22.8 Å². The maximum Gasteiger partial charge on any atom is 0.224 e. The average molecular weight is 347 g/mol. The van der Waals surface area contributed by atoms with Crippen LogP contribution in [0.1, 0.15) is 6.92 Å². The Hall–Kier alpha value is -1.83. The molecule has 106 valence electrons. The van der Waals surface area contributed by atoms with Crippen LogP contribution in [0, 0.1) is 17.5 Å². The van der Waals surface area contributed by atoms with Crippen LogP contribution in [0.25, 0.3) is 0 Å². The summed E-state index contributed by atoms with van der Waals surface area (Å²) in [5, 5.41) is 5.35. The predicted molar refractivity (Wildman–Crippen MR) is 73.5 cm³/mol. The van der Waals surface area contributed by atoms with Gasteiger partial charge in [0.05, 0.1) is 4.47 Å². The second-order valence-electron chi connectivity index (χ2n) is 3.79. The molecule has 0 bridgehead atoms. The Labute approximate surface area is 121 Å². The zero-order valence-corrected chi connectivity index (χ0v) is 11.9. The highest BCUT2D eigenvalue weighted by molar-refractivity contribution is 9.10. The largest absolute Gasteiger partial charge is 0.354 e. The Morgan fingerprint density at radius 2 is 1.85 bits per heavy atom. The number of anilines is 3. The van der Waals surface area contributed by atoms with Gasteiger partial charge in [0.15, 0.2) is 17.5 Å². The van der Waals surface area contributed by atoms with Crippen LogP contribution < -0.4 is 10.6 Å². The zero-order valence-electron chi connectivity index (χ0n) is 10.3. The van der Waals surface area contributed by atoms with Gasteiger partial charge in [-0.2, -0.15) is 4.98 Å². The predicted octanol–water partition coefficient (Wildman–Crippen LogP) is 3.83. The van der Waals surface area contributed by atoms with Crippen molar-refractivity contribution in [3.8, 4) is 0 Å². The number of hydrogen-bond donors (Lipinski definition) is 2. The summed E-state index contributed by atoms with van der Waals surface area (Å²) in [4.78, 5) is 8.03. The molecule has 1 aromatic heterocycles. The quantitative estimate of drug-likeness (QED) is 0.883. The maximum atomic E-state index is 13.6. The van der Waals surface area contributed by atoms with Crippen molar-refractivity contribution in [1.82, 2.24) is 9.97 Å². The number of nitrogens with zero attached hydrogens (tertiary/aromatic N) is 2. The Balaban J connectivity index is 2.37. The van der Waals surface area contributed by atoms with Gasteiger partial charge in [-0.15, -0.1) is 0 Å². The van der Waals surface area contributed by atoms with Crippen LogP contribution in [0.5, 0.6) is 0 Å². The summed E-state index contributed by atoms with van der Waals surface area (Å²) in [5.41, 5.74) is -0.478. The van der Waals surface area contributed by atoms with Crippen molar-refractivity contribution < 1.29 is 13.2 Å². The van der Waals surface area contributed by atoms with E-state index in [2.05, 4.69) is 36.5 Å². The lowest BCUT2D eigenvalue weighted by Crippen LogP contribution is -2.06. The van der Waals surface area contributed by atoms with Gasteiger partial charge in [-0.05, 0) is 22.9 Å². The van der Waals surface area contributed by atoms with Crippen molar-refractivity contribution in [2.24, 2.45) is 0 Å². The van der Waals surface area contributed by atoms with E-state index in [1.807, 2.05) is 6.92 Å². The summed E-state index contributed by atoms with van der Waals surface area (Å²) >= 11 is 3.17. The first kappa shape index (κ1) is 14.6. The molecule has 2 aromatic rings. The number of halogens is 4. The minimum absolute atomic E-state index is 0.167. The van der Waals surface area contributed by atoms with Gasteiger partial charge in [0.1, 0.15) is 11.5 Å². The molecular weight excluding hydrogens is 337 g/mol. The smallest absolute Gasteiger partial charge is 0.224 e. The summed E-state index contributed by atoms with van der Waals surface area (Å²) in [6.45, 7) is 2.46. The van der Waals surface area contributed by atoms with E-state index in [0.717, 1.165) is 0 Å². The van der Waals surface area contributed by atoms with E-state index in [1.165, 1.54) is 6.20 Å². The van der Waals surface area contributed by atoms with Crippen molar-refractivity contribution in [2.75, 3.05) is 17.2 Å². The van der Waals surface area contributed by atoms with Gasteiger partial charge in [-0.3, -0.25) is 0 Å². The molecule has 0 atom stereocenters. The lowest BCUT2D eigenvalue weighted by Gasteiger charge is -2.11. The monoisotopic (exact) mass is 346 g/mol. The summed E-state index contributed by atoms with van der Waals surface area (Å²) in [5.74, 6) is -2.60. The van der Waals surface area contributed by atoms with Gasteiger partial charge in [0.25, 0.3) is 0 Å². The van der Waals surface area contributed by atoms with Crippen molar-refractivity contribution in [3.05, 3.63) is 40.3 Å². The third kappa shape index (κ3) is 3.19. The molecule has 0 fully saturated rings. The second kappa shape index (κ2) is 6.08. The minimum Gasteiger partial charge on any atom is -0.354 e. The van der Waals surface area contributed by atoms with Crippen LogP contribution in [-0.2, 0) is 0 Å². The molecule has 0 aliphatic carbocycles. The number of nitrogens with one attached hydrogen (secondary N) is 2. The van der Waals surface area contributed by atoms with Gasteiger partial charge in [-0.1, -0.05) is 0 Å². The van der Waals surface area contributed by atoms with E-state index in [9.17, 15) is 13.2 Å². The third-order valence-electron chi connectivity index (χ3n) is 2.33. The molecule has 0 saturated carbocycles. The summed E-state index contributed by atoms with van der Waals surface area (Å²) in [6.07, 6.45) is 1.44. The van der Waals surface area contributed by atoms with Gasteiger partial charge < -0.3 is 10.6 Å². The van der Waals surface area contributed by atoms with Gasteiger partial charge >= 0.3 is 0 Å². The standard InChI is InChI=1S/C12H10BrF3N4/c1-2-17-12-18-5-7(13)11(20-12)19-10-8(15)3-6(14)4-9(10)16/h3-5H,2H2,1H3,(H2,17,18,19,20). The first-order valence-electron chi connectivity index (χ1n) is 5.69. The first-order valence-corrected chi connectivity index (χ1v) is 6.48. The van der Waals surface area contributed by atoms with Crippen LogP contribution in [0.4, 0.5) is 30.6 Å². The number of benzene rings is 1. The second-order valence-corrected chi connectivity index (χ2v) is 4.64. The molecule has 2 N–H and O–H groups in total.